The van der Waals surface area contributed by atoms with Gasteiger partial charge in [-0.05, 0) is 36.8 Å². The van der Waals surface area contributed by atoms with E-state index in [4.69, 9.17) is 5.26 Å². The Balaban J connectivity index is 2.52. The Labute approximate surface area is 131 Å². The monoisotopic (exact) mass is 340 g/mol. The summed E-state index contributed by atoms with van der Waals surface area (Å²) in [4.78, 5) is -0.866. The second-order valence-electron chi connectivity index (χ2n) is 4.74. The zero-order chi connectivity index (χ0) is 17.3. The van der Waals surface area contributed by atoms with Crippen LogP contribution in [0.3, 0.4) is 0 Å². The van der Waals surface area contributed by atoms with Gasteiger partial charge in [0.15, 0.2) is 0 Å². The molecule has 0 spiro atoms. The van der Waals surface area contributed by atoms with Crippen LogP contribution in [0.15, 0.2) is 47.4 Å². The number of nitrogens with zero attached hydrogens (tertiary/aromatic N) is 1. The third-order valence-corrected chi connectivity index (χ3v) is 4.52. The number of nitrogens with one attached hydrogen (secondary N) is 1. The van der Waals surface area contributed by atoms with E-state index < -0.39 is 26.7 Å². The van der Waals surface area contributed by atoms with Crippen molar-refractivity contribution in [3.8, 4) is 6.07 Å². The maximum Gasteiger partial charge on any atom is 0.417 e. The molecule has 2 aromatic carbocycles. The standard InChI is InChI=1S/C15H11F3N2O2S/c1-10-6-7-11(9-19)8-13(10)20-23(21,22)14-5-3-2-4-12(14)15(16,17)18/h2-8,20H,1H3. The van der Waals surface area contributed by atoms with E-state index in [2.05, 4.69) is 4.72 Å². The Hall–Kier alpha value is -2.53. The van der Waals surface area contributed by atoms with Gasteiger partial charge in [0.1, 0.15) is 0 Å². The Morgan fingerprint density at radius 2 is 1.78 bits per heavy atom. The third-order valence-electron chi connectivity index (χ3n) is 3.09. The average Bonchev–Trinajstić information content (AvgIpc) is 2.48. The Kier molecular flexibility index (Phi) is 4.34. The first-order valence-corrected chi connectivity index (χ1v) is 7.83. The summed E-state index contributed by atoms with van der Waals surface area (Å²) < 4.78 is 65.7. The van der Waals surface area contributed by atoms with E-state index in [0.717, 1.165) is 12.1 Å². The molecule has 2 aromatic rings. The van der Waals surface area contributed by atoms with Crippen LogP contribution in [0.1, 0.15) is 16.7 Å². The second kappa shape index (κ2) is 5.93. The van der Waals surface area contributed by atoms with Gasteiger partial charge in [-0.15, -0.1) is 0 Å². The van der Waals surface area contributed by atoms with Crippen molar-refractivity contribution in [2.75, 3.05) is 4.72 Å². The van der Waals surface area contributed by atoms with Crippen LogP contribution in [0, 0.1) is 18.3 Å². The Morgan fingerprint density at radius 1 is 1.13 bits per heavy atom. The zero-order valence-corrected chi connectivity index (χ0v) is 12.7. The fourth-order valence-corrected chi connectivity index (χ4v) is 3.29. The van der Waals surface area contributed by atoms with E-state index in [9.17, 15) is 21.6 Å². The molecule has 0 saturated carbocycles. The van der Waals surface area contributed by atoms with Gasteiger partial charge in [0.05, 0.1) is 27.8 Å². The van der Waals surface area contributed by atoms with Crippen molar-refractivity contribution in [1.29, 1.82) is 5.26 Å². The molecule has 0 heterocycles. The van der Waals surface area contributed by atoms with E-state index >= 15 is 0 Å². The summed E-state index contributed by atoms with van der Waals surface area (Å²) in [7, 11) is -4.45. The van der Waals surface area contributed by atoms with Crippen LogP contribution in [-0.4, -0.2) is 8.42 Å². The second-order valence-corrected chi connectivity index (χ2v) is 6.39. The van der Waals surface area contributed by atoms with Gasteiger partial charge >= 0.3 is 6.18 Å². The van der Waals surface area contributed by atoms with Gasteiger partial charge in [-0.3, -0.25) is 4.72 Å². The van der Waals surface area contributed by atoms with Gasteiger partial charge in [0.25, 0.3) is 10.0 Å². The molecule has 23 heavy (non-hydrogen) atoms. The molecule has 0 radical (unpaired) electrons. The van der Waals surface area contributed by atoms with Crippen LogP contribution >= 0.6 is 0 Å². The Morgan fingerprint density at radius 3 is 2.39 bits per heavy atom. The number of sulfonamides is 1. The molecule has 4 nitrogen and oxygen atoms in total. The molecule has 0 aromatic heterocycles. The molecule has 0 aliphatic carbocycles. The minimum atomic E-state index is -4.80. The van der Waals surface area contributed by atoms with Gasteiger partial charge in [0, 0.05) is 0 Å². The molecule has 1 N–H and O–H groups in total. The summed E-state index contributed by atoms with van der Waals surface area (Å²) in [5, 5.41) is 8.84. The number of nitriles is 1. The number of aryl methyl sites for hydroxylation is 1. The summed E-state index contributed by atoms with van der Waals surface area (Å²) in [6, 6.07) is 10.0. The lowest BCUT2D eigenvalue weighted by Crippen LogP contribution is -2.19. The highest BCUT2D eigenvalue weighted by Crippen LogP contribution is 2.34. The zero-order valence-electron chi connectivity index (χ0n) is 11.8. The fourth-order valence-electron chi connectivity index (χ4n) is 1.94. The van der Waals surface area contributed by atoms with Gasteiger partial charge in [0.2, 0.25) is 0 Å². The SMILES string of the molecule is Cc1ccc(C#N)cc1NS(=O)(=O)c1ccccc1C(F)(F)F. The average molecular weight is 340 g/mol. The first-order valence-electron chi connectivity index (χ1n) is 6.35. The van der Waals surface area contributed by atoms with Crippen molar-refractivity contribution in [3.63, 3.8) is 0 Å². The summed E-state index contributed by atoms with van der Waals surface area (Å²) in [6.45, 7) is 1.58. The molecule has 0 atom stereocenters. The summed E-state index contributed by atoms with van der Waals surface area (Å²) in [5.74, 6) is 0. The van der Waals surface area contributed by atoms with Gasteiger partial charge in [-0.25, -0.2) is 8.42 Å². The van der Waals surface area contributed by atoms with Crippen LogP contribution in [0.5, 0.6) is 0 Å². The van der Waals surface area contributed by atoms with Gasteiger partial charge in [-0.1, -0.05) is 18.2 Å². The normalized spacial score (nSPS) is 11.8. The van der Waals surface area contributed by atoms with E-state index in [1.807, 2.05) is 6.07 Å². The lowest BCUT2D eigenvalue weighted by molar-refractivity contribution is -0.139. The van der Waals surface area contributed by atoms with Crippen LogP contribution in [0.2, 0.25) is 0 Å². The highest BCUT2D eigenvalue weighted by molar-refractivity contribution is 7.92. The molecule has 8 heteroatoms. The molecule has 120 valence electrons. The number of anilines is 1. The smallest absolute Gasteiger partial charge is 0.279 e. The van der Waals surface area contributed by atoms with Crippen molar-refractivity contribution < 1.29 is 21.6 Å². The summed E-state index contributed by atoms with van der Waals surface area (Å²) in [6.07, 6.45) is -4.80. The maximum atomic E-state index is 13.0. The van der Waals surface area contributed by atoms with Crippen molar-refractivity contribution in [1.82, 2.24) is 0 Å². The number of alkyl halides is 3. The van der Waals surface area contributed by atoms with Crippen LogP contribution in [0.4, 0.5) is 18.9 Å². The third kappa shape index (κ3) is 3.63. The quantitative estimate of drug-likeness (QED) is 0.926. The maximum absolute atomic E-state index is 13.0. The van der Waals surface area contributed by atoms with Gasteiger partial charge in [-0.2, -0.15) is 18.4 Å². The molecule has 2 rings (SSSR count). The number of hydrogen-bond acceptors (Lipinski definition) is 3. The molecular formula is C15H11F3N2O2S. The molecule has 0 fully saturated rings. The van der Waals surface area contributed by atoms with Crippen LogP contribution < -0.4 is 4.72 Å². The predicted octanol–water partition coefficient (Wildman–Crippen LogP) is 3.69. The number of hydrogen-bond donors (Lipinski definition) is 1. The van der Waals surface area contributed by atoms with Crippen molar-refractivity contribution in [2.24, 2.45) is 0 Å². The van der Waals surface area contributed by atoms with Crippen LogP contribution in [0.25, 0.3) is 0 Å². The van der Waals surface area contributed by atoms with Crippen LogP contribution in [-0.2, 0) is 16.2 Å². The van der Waals surface area contributed by atoms with Crippen molar-refractivity contribution in [3.05, 3.63) is 59.2 Å². The lowest BCUT2D eigenvalue weighted by Gasteiger charge is -2.15. The first-order chi connectivity index (χ1) is 10.6. The topological polar surface area (TPSA) is 70.0 Å². The Bertz CT molecular complexity index is 884. The van der Waals surface area contributed by atoms with E-state index in [1.165, 1.54) is 24.3 Å². The first kappa shape index (κ1) is 16.8. The molecule has 0 bridgehead atoms. The number of rotatable bonds is 3. The highest BCUT2D eigenvalue weighted by Gasteiger charge is 2.36. The summed E-state index contributed by atoms with van der Waals surface area (Å²) in [5.41, 5.74) is -0.517. The predicted molar refractivity (Wildman–Crippen MR) is 78.1 cm³/mol. The molecule has 0 aliphatic rings. The van der Waals surface area contributed by atoms with E-state index in [-0.39, 0.29) is 11.3 Å². The fraction of sp³-hybridized carbons (Fsp3) is 0.133. The molecule has 0 aliphatic heterocycles. The minimum absolute atomic E-state index is 0.0565. The van der Waals surface area contributed by atoms with E-state index in [1.54, 1.807) is 6.92 Å². The highest BCUT2D eigenvalue weighted by atomic mass is 32.2. The number of halogens is 3. The van der Waals surface area contributed by atoms with Crippen molar-refractivity contribution >= 4 is 15.7 Å². The van der Waals surface area contributed by atoms with Crippen molar-refractivity contribution in [2.45, 2.75) is 18.0 Å². The molecule has 0 amide bonds. The number of benzene rings is 2. The lowest BCUT2D eigenvalue weighted by atomic mass is 10.1. The largest absolute Gasteiger partial charge is 0.417 e. The van der Waals surface area contributed by atoms with Gasteiger partial charge < -0.3 is 0 Å². The summed E-state index contributed by atoms with van der Waals surface area (Å²) >= 11 is 0. The molecule has 0 saturated heterocycles. The van der Waals surface area contributed by atoms with E-state index in [0.29, 0.717) is 11.6 Å². The molecular weight excluding hydrogens is 329 g/mol. The minimum Gasteiger partial charge on any atom is -0.279 e. The molecule has 0 unspecified atom stereocenters.